The lowest BCUT2D eigenvalue weighted by Gasteiger charge is -2.23. The molecule has 0 unspecified atom stereocenters. The van der Waals surface area contributed by atoms with Crippen LogP contribution in [0, 0.1) is 11.6 Å². The number of amides is 4. The van der Waals surface area contributed by atoms with Gasteiger partial charge >= 0.3 is 6.03 Å². The average molecular weight is 387 g/mol. The molecule has 2 N–H and O–H groups in total. The summed E-state index contributed by atoms with van der Waals surface area (Å²) in [6.07, 6.45) is 0. The summed E-state index contributed by atoms with van der Waals surface area (Å²) < 4.78 is 27.7. The minimum absolute atomic E-state index is 0.300. The molecule has 4 amide bonds. The molecule has 6 nitrogen and oxygen atoms in total. The summed E-state index contributed by atoms with van der Waals surface area (Å²) in [7, 11) is 0. The molecule has 0 aromatic heterocycles. The van der Waals surface area contributed by atoms with Crippen molar-refractivity contribution in [3.63, 3.8) is 0 Å². The van der Waals surface area contributed by atoms with E-state index in [0.29, 0.717) is 4.90 Å². The molecule has 2 aromatic carbocycles. The quantitative estimate of drug-likeness (QED) is 0.774. The third-order valence-electron chi connectivity index (χ3n) is 4.72. The maximum atomic E-state index is 14.1. The van der Waals surface area contributed by atoms with Crippen molar-refractivity contribution in [1.29, 1.82) is 0 Å². The van der Waals surface area contributed by atoms with Crippen LogP contribution in [0.3, 0.4) is 0 Å². The third kappa shape index (κ3) is 3.58. The summed E-state index contributed by atoms with van der Waals surface area (Å²) in [6, 6.07) is 10.6. The molecule has 0 bridgehead atoms. The van der Waals surface area contributed by atoms with E-state index in [2.05, 4.69) is 10.6 Å². The van der Waals surface area contributed by atoms with Gasteiger partial charge in [0, 0.05) is 5.56 Å². The Bertz CT molecular complexity index is 936. The van der Waals surface area contributed by atoms with E-state index in [1.165, 1.54) is 6.92 Å². The highest BCUT2D eigenvalue weighted by atomic mass is 19.1. The summed E-state index contributed by atoms with van der Waals surface area (Å²) in [6.45, 7) is 2.51. The van der Waals surface area contributed by atoms with Crippen LogP contribution in [-0.2, 0) is 15.1 Å². The van der Waals surface area contributed by atoms with Crippen LogP contribution in [0.2, 0.25) is 0 Å². The lowest BCUT2D eigenvalue weighted by atomic mass is 9.91. The molecular weight excluding hydrogens is 368 g/mol. The molecule has 1 fully saturated rings. The predicted molar refractivity (Wildman–Crippen MR) is 97.0 cm³/mol. The van der Waals surface area contributed by atoms with Crippen molar-refractivity contribution in [2.45, 2.75) is 25.4 Å². The fourth-order valence-electron chi connectivity index (χ4n) is 3.16. The first kappa shape index (κ1) is 19.5. The second kappa shape index (κ2) is 7.38. The summed E-state index contributed by atoms with van der Waals surface area (Å²) in [4.78, 5) is 38.0. The van der Waals surface area contributed by atoms with E-state index in [1.54, 1.807) is 6.92 Å². The number of halogens is 2. The van der Waals surface area contributed by atoms with E-state index in [1.807, 2.05) is 30.3 Å². The number of carbonyl (C=O) groups is 3. The van der Waals surface area contributed by atoms with Crippen LogP contribution in [0.4, 0.5) is 13.6 Å². The molecule has 1 aliphatic rings. The minimum Gasteiger partial charge on any atom is -0.348 e. The number of benzene rings is 2. The first-order valence-corrected chi connectivity index (χ1v) is 8.66. The SMILES string of the molecule is C[C@@H](NC(=O)CN1C(=O)N[C@@](C)(c2cc(F)ccc2F)C1=O)c1ccccc1. The van der Waals surface area contributed by atoms with E-state index in [9.17, 15) is 23.2 Å². The van der Waals surface area contributed by atoms with Crippen LogP contribution in [0.5, 0.6) is 0 Å². The lowest BCUT2D eigenvalue weighted by Crippen LogP contribution is -2.44. The van der Waals surface area contributed by atoms with Gasteiger partial charge in [-0.05, 0) is 37.6 Å². The van der Waals surface area contributed by atoms with Crippen molar-refractivity contribution in [2.75, 3.05) is 6.54 Å². The van der Waals surface area contributed by atoms with Crippen molar-refractivity contribution >= 4 is 17.8 Å². The van der Waals surface area contributed by atoms with Gasteiger partial charge in [0.1, 0.15) is 23.7 Å². The highest BCUT2D eigenvalue weighted by molar-refractivity contribution is 6.09. The van der Waals surface area contributed by atoms with Gasteiger partial charge in [-0.3, -0.25) is 14.5 Å². The smallest absolute Gasteiger partial charge is 0.325 e. The monoisotopic (exact) mass is 387 g/mol. The van der Waals surface area contributed by atoms with Crippen molar-refractivity contribution in [3.8, 4) is 0 Å². The van der Waals surface area contributed by atoms with Gasteiger partial charge in [-0.1, -0.05) is 30.3 Å². The van der Waals surface area contributed by atoms with E-state index in [4.69, 9.17) is 0 Å². The summed E-state index contributed by atoms with van der Waals surface area (Å²) in [5, 5.41) is 5.06. The number of imide groups is 1. The van der Waals surface area contributed by atoms with Crippen molar-refractivity contribution in [2.24, 2.45) is 0 Å². The number of urea groups is 1. The van der Waals surface area contributed by atoms with Gasteiger partial charge in [0.05, 0.1) is 6.04 Å². The predicted octanol–water partition coefficient (Wildman–Crippen LogP) is 2.61. The van der Waals surface area contributed by atoms with Crippen LogP contribution in [0.15, 0.2) is 48.5 Å². The number of nitrogens with one attached hydrogen (secondary N) is 2. The molecule has 0 aliphatic carbocycles. The van der Waals surface area contributed by atoms with Gasteiger partial charge in [0.2, 0.25) is 5.91 Å². The molecule has 28 heavy (non-hydrogen) atoms. The topological polar surface area (TPSA) is 78.5 Å². The number of hydrogen-bond donors (Lipinski definition) is 2. The second-order valence-electron chi connectivity index (χ2n) is 6.77. The average Bonchev–Trinajstić information content (AvgIpc) is 2.88. The Balaban J connectivity index is 1.75. The Kier molecular flexibility index (Phi) is 5.13. The van der Waals surface area contributed by atoms with Gasteiger partial charge in [-0.25, -0.2) is 13.6 Å². The molecule has 0 spiro atoms. The summed E-state index contributed by atoms with van der Waals surface area (Å²) in [5.41, 5.74) is -1.24. The Hall–Kier alpha value is -3.29. The molecule has 146 valence electrons. The molecule has 1 heterocycles. The van der Waals surface area contributed by atoms with Crippen molar-refractivity contribution < 1.29 is 23.2 Å². The Labute approximate surface area is 160 Å². The van der Waals surface area contributed by atoms with Gasteiger partial charge in [0.25, 0.3) is 5.91 Å². The molecule has 0 radical (unpaired) electrons. The zero-order valence-corrected chi connectivity index (χ0v) is 15.3. The Morgan fingerprint density at radius 1 is 1.18 bits per heavy atom. The molecule has 0 saturated carbocycles. The van der Waals surface area contributed by atoms with Crippen LogP contribution in [0.25, 0.3) is 0 Å². The van der Waals surface area contributed by atoms with E-state index in [0.717, 1.165) is 23.8 Å². The molecule has 1 saturated heterocycles. The number of rotatable bonds is 5. The summed E-state index contributed by atoms with van der Waals surface area (Å²) >= 11 is 0. The lowest BCUT2D eigenvalue weighted by molar-refractivity contribution is -0.135. The largest absolute Gasteiger partial charge is 0.348 e. The number of hydrogen-bond acceptors (Lipinski definition) is 3. The van der Waals surface area contributed by atoms with Crippen LogP contribution >= 0.6 is 0 Å². The van der Waals surface area contributed by atoms with Crippen LogP contribution < -0.4 is 10.6 Å². The van der Waals surface area contributed by atoms with E-state index in [-0.39, 0.29) is 11.6 Å². The maximum absolute atomic E-state index is 14.1. The second-order valence-corrected chi connectivity index (χ2v) is 6.77. The standard InChI is InChI=1S/C20H19F2N3O3/c1-12(13-6-4-3-5-7-13)23-17(26)11-25-18(27)20(2,24-19(25)28)15-10-14(21)8-9-16(15)22/h3-10,12H,11H2,1-2H3,(H,23,26)(H,24,28)/t12-,20+/m1/s1. The summed E-state index contributed by atoms with van der Waals surface area (Å²) in [5.74, 6) is -2.96. The minimum atomic E-state index is -1.80. The van der Waals surface area contributed by atoms with E-state index >= 15 is 0 Å². The molecule has 2 atom stereocenters. The Morgan fingerprint density at radius 2 is 1.86 bits per heavy atom. The van der Waals surface area contributed by atoms with Crippen LogP contribution in [-0.4, -0.2) is 29.3 Å². The highest BCUT2D eigenvalue weighted by Crippen LogP contribution is 2.31. The van der Waals surface area contributed by atoms with Gasteiger partial charge < -0.3 is 10.6 Å². The first-order valence-electron chi connectivity index (χ1n) is 8.66. The molecule has 8 heteroatoms. The zero-order valence-electron chi connectivity index (χ0n) is 15.3. The van der Waals surface area contributed by atoms with Crippen molar-refractivity contribution in [3.05, 3.63) is 71.3 Å². The van der Waals surface area contributed by atoms with Gasteiger partial charge in [-0.15, -0.1) is 0 Å². The fraction of sp³-hybridized carbons (Fsp3) is 0.250. The van der Waals surface area contributed by atoms with Crippen LogP contribution in [0.1, 0.15) is 31.0 Å². The van der Waals surface area contributed by atoms with Gasteiger partial charge in [0.15, 0.2) is 0 Å². The van der Waals surface area contributed by atoms with Crippen molar-refractivity contribution in [1.82, 2.24) is 15.5 Å². The molecule has 2 aromatic rings. The third-order valence-corrected chi connectivity index (χ3v) is 4.72. The molecular formula is C20H19F2N3O3. The normalized spacial score (nSPS) is 20.1. The van der Waals surface area contributed by atoms with E-state index < -0.39 is 41.6 Å². The zero-order chi connectivity index (χ0) is 20.5. The Morgan fingerprint density at radius 3 is 2.54 bits per heavy atom. The van der Waals surface area contributed by atoms with Gasteiger partial charge in [-0.2, -0.15) is 0 Å². The first-order chi connectivity index (χ1) is 13.2. The molecule has 3 rings (SSSR count). The maximum Gasteiger partial charge on any atom is 0.325 e. The number of nitrogens with zero attached hydrogens (tertiary/aromatic N) is 1. The number of carbonyl (C=O) groups excluding carboxylic acids is 3. The highest BCUT2D eigenvalue weighted by Gasteiger charge is 2.50. The fourth-order valence-corrected chi connectivity index (χ4v) is 3.16. The molecule has 1 aliphatic heterocycles.